The summed E-state index contributed by atoms with van der Waals surface area (Å²) in [5.41, 5.74) is 4.24. The lowest BCUT2D eigenvalue weighted by molar-refractivity contribution is 0.591. The fourth-order valence-electron chi connectivity index (χ4n) is 2.09. The minimum absolute atomic E-state index is 0.762. The van der Waals surface area contributed by atoms with Crippen molar-refractivity contribution in [1.29, 1.82) is 5.41 Å². The van der Waals surface area contributed by atoms with Crippen molar-refractivity contribution in [1.82, 2.24) is 5.32 Å². The fraction of sp³-hybridized carbons (Fsp3) is 0.357. The number of hydrogen-bond acceptors (Lipinski definition) is 2. The van der Waals surface area contributed by atoms with E-state index in [0.717, 1.165) is 34.7 Å². The van der Waals surface area contributed by atoms with Crippen LogP contribution in [0.15, 0.2) is 23.9 Å². The molecule has 2 nitrogen and oxygen atoms in total. The summed E-state index contributed by atoms with van der Waals surface area (Å²) in [7, 11) is 0. The molecule has 0 atom stereocenters. The number of allylic oxidation sites excluding steroid dienone is 2. The van der Waals surface area contributed by atoms with E-state index in [9.17, 15) is 0 Å². The summed E-state index contributed by atoms with van der Waals surface area (Å²) in [6.07, 6.45) is 4.85. The Kier molecular flexibility index (Phi) is 3.85. The van der Waals surface area contributed by atoms with Gasteiger partial charge in [-0.1, -0.05) is 23.7 Å². The SMILES string of the molecule is Cc1ccc(/C(C=N)=C2\CCCCN2)cc1Cl. The molecule has 0 unspecified atom stereocenters. The highest BCUT2D eigenvalue weighted by Crippen LogP contribution is 2.25. The van der Waals surface area contributed by atoms with E-state index in [-0.39, 0.29) is 0 Å². The predicted octanol–water partition coefficient (Wildman–Crippen LogP) is 3.78. The van der Waals surface area contributed by atoms with Crippen molar-refractivity contribution < 1.29 is 0 Å². The average molecular weight is 249 g/mol. The van der Waals surface area contributed by atoms with Gasteiger partial charge in [-0.05, 0) is 43.4 Å². The van der Waals surface area contributed by atoms with Gasteiger partial charge in [0.2, 0.25) is 0 Å². The maximum absolute atomic E-state index is 7.59. The van der Waals surface area contributed by atoms with Crippen LogP contribution in [0.1, 0.15) is 30.4 Å². The summed E-state index contributed by atoms with van der Waals surface area (Å²) in [5.74, 6) is 0. The number of halogens is 1. The van der Waals surface area contributed by atoms with Crippen molar-refractivity contribution in [3.8, 4) is 0 Å². The molecule has 1 aromatic rings. The Labute approximate surface area is 107 Å². The summed E-state index contributed by atoms with van der Waals surface area (Å²) in [4.78, 5) is 0. The van der Waals surface area contributed by atoms with Crippen molar-refractivity contribution in [2.24, 2.45) is 0 Å². The van der Waals surface area contributed by atoms with Gasteiger partial charge in [-0.15, -0.1) is 0 Å². The van der Waals surface area contributed by atoms with Gasteiger partial charge in [-0.2, -0.15) is 0 Å². The quantitative estimate of drug-likeness (QED) is 0.768. The van der Waals surface area contributed by atoms with Crippen LogP contribution in [-0.4, -0.2) is 12.8 Å². The molecule has 1 aromatic carbocycles. The highest BCUT2D eigenvalue weighted by atomic mass is 35.5. The van der Waals surface area contributed by atoms with Gasteiger partial charge in [0.25, 0.3) is 0 Å². The lowest BCUT2D eigenvalue weighted by Gasteiger charge is -2.20. The molecule has 0 aliphatic carbocycles. The summed E-state index contributed by atoms with van der Waals surface area (Å²) >= 11 is 6.14. The largest absolute Gasteiger partial charge is 0.388 e. The Bertz CT molecular complexity index is 455. The van der Waals surface area contributed by atoms with Crippen molar-refractivity contribution in [3.05, 3.63) is 40.0 Å². The zero-order valence-electron chi connectivity index (χ0n) is 10.0. The normalized spacial score (nSPS) is 18.5. The average Bonchev–Trinajstić information content (AvgIpc) is 2.36. The monoisotopic (exact) mass is 248 g/mol. The third kappa shape index (κ3) is 2.70. The van der Waals surface area contributed by atoms with Crippen LogP contribution in [-0.2, 0) is 0 Å². The smallest absolute Gasteiger partial charge is 0.0441 e. The molecule has 0 amide bonds. The fourth-order valence-corrected chi connectivity index (χ4v) is 2.27. The Balaban J connectivity index is 2.40. The van der Waals surface area contributed by atoms with Crippen LogP contribution < -0.4 is 5.32 Å². The molecule has 2 rings (SSSR count). The summed E-state index contributed by atoms with van der Waals surface area (Å²) < 4.78 is 0. The Morgan fingerprint density at radius 3 is 2.82 bits per heavy atom. The van der Waals surface area contributed by atoms with E-state index in [0.29, 0.717) is 0 Å². The predicted molar refractivity (Wildman–Crippen MR) is 73.7 cm³/mol. The molecule has 0 bridgehead atoms. The molecule has 1 heterocycles. The molecule has 17 heavy (non-hydrogen) atoms. The van der Waals surface area contributed by atoms with Crippen molar-refractivity contribution in [3.63, 3.8) is 0 Å². The van der Waals surface area contributed by atoms with Gasteiger partial charge in [-0.25, -0.2) is 0 Å². The zero-order chi connectivity index (χ0) is 12.3. The molecule has 0 radical (unpaired) electrons. The number of piperidine rings is 1. The van der Waals surface area contributed by atoms with Crippen molar-refractivity contribution >= 4 is 23.4 Å². The Morgan fingerprint density at radius 2 is 2.24 bits per heavy atom. The van der Waals surface area contributed by atoms with E-state index in [2.05, 4.69) is 5.32 Å². The molecular weight excluding hydrogens is 232 g/mol. The summed E-state index contributed by atoms with van der Waals surface area (Å²) in [5, 5.41) is 11.7. The van der Waals surface area contributed by atoms with Gasteiger partial charge < -0.3 is 10.7 Å². The van der Waals surface area contributed by atoms with E-state index in [1.165, 1.54) is 24.8 Å². The summed E-state index contributed by atoms with van der Waals surface area (Å²) in [6, 6.07) is 5.98. The van der Waals surface area contributed by atoms with E-state index >= 15 is 0 Å². The highest BCUT2D eigenvalue weighted by molar-refractivity contribution is 6.31. The van der Waals surface area contributed by atoms with Gasteiger partial charge in [0.05, 0.1) is 0 Å². The molecule has 0 spiro atoms. The van der Waals surface area contributed by atoms with Crippen molar-refractivity contribution in [2.45, 2.75) is 26.2 Å². The minimum atomic E-state index is 0.762. The van der Waals surface area contributed by atoms with E-state index < -0.39 is 0 Å². The topological polar surface area (TPSA) is 35.9 Å². The first-order valence-corrected chi connectivity index (χ1v) is 6.34. The molecule has 1 aliphatic rings. The van der Waals surface area contributed by atoms with E-state index in [4.69, 9.17) is 17.0 Å². The molecule has 2 N–H and O–H groups in total. The molecule has 0 saturated carbocycles. The Morgan fingerprint density at radius 1 is 1.41 bits per heavy atom. The van der Waals surface area contributed by atoms with Crippen LogP contribution >= 0.6 is 11.6 Å². The van der Waals surface area contributed by atoms with E-state index in [1.807, 2.05) is 25.1 Å². The summed E-state index contributed by atoms with van der Waals surface area (Å²) in [6.45, 7) is 2.99. The second-order valence-electron chi connectivity index (χ2n) is 4.38. The number of aryl methyl sites for hydroxylation is 1. The van der Waals surface area contributed by atoms with Gasteiger partial charge >= 0.3 is 0 Å². The first-order chi connectivity index (χ1) is 8.22. The standard InChI is InChI=1S/C14H17ClN2/c1-10-5-6-11(8-13(10)15)12(9-16)14-4-2-3-7-17-14/h5-6,8-9,16-17H,2-4,7H2,1H3/b14-12+,16-9?. The second kappa shape index (κ2) is 5.37. The Hall–Kier alpha value is -1.28. The molecule has 90 valence electrons. The lowest BCUT2D eigenvalue weighted by atomic mass is 9.98. The first kappa shape index (κ1) is 12.2. The molecule has 1 aliphatic heterocycles. The maximum Gasteiger partial charge on any atom is 0.0441 e. The molecular formula is C14H17ClN2. The third-order valence-electron chi connectivity index (χ3n) is 3.14. The number of benzene rings is 1. The van der Waals surface area contributed by atoms with Gasteiger partial charge in [-0.3, -0.25) is 0 Å². The number of nitrogens with one attached hydrogen (secondary N) is 2. The molecule has 1 fully saturated rings. The lowest BCUT2D eigenvalue weighted by Crippen LogP contribution is -2.21. The second-order valence-corrected chi connectivity index (χ2v) is 4.79. The van der Waals surface area contributed by atoms with Crippen molar-refractivity contribution in [2.75, 3.05) is 6.54 Å². The minimum Gasteiger partial charge on any atom is -0.388 e. The number of hydrogen-bond donors (Lipinski definition) is 2. The van der Waals surface area contributed by atoms with Gasteiger partial charge in [0.15, 0.2) is 0 Å². The first-order valence-electron chi connectivity index (χ1n) is 5.96. The number of rotatable bonds is 2. The molecule has 3 heteroatoms. The third-order valence-corrected chi connectivity index (χ3v) is 3.55. The zero-order valence-corrected chi connectivity index (χ0v) is 10.8. The van der Waals surface area contributed by atoms with Crippen LogP contribution in [0, 0.1) is 12.3 Å². The van der Waals surface area contributed by atoms with Crippen LogP contribution in [0.4, 0.5) is 0 Å². The van der Waals surface area contributed by atoms with Crippen LogP contribution in [0.25, 0.3) is 5.57 Å². The highest BCUT2D eigenvalue weighted by Gasteiger charge is 2.11. The van der Waals surface area contributed by atoms with Crippen LogP contribution in [0.5, 0.6) is 0 Å². The van der Waals surface area contributed by atoms with E-state index in [1.54, 1.807) is 0 Å². The van der Waals surface area contributed by atoms with Gasteiger partial charge in [0, 0.05) is 29.1 Å². The molecule has 0 aromatic heterocycles. The molecule has 1 saturated heterocycles. The van der Waals surface area contributed by atoms with Crippen LogP contribution in [0.2, 0.25) is 5.02 Å². The maximum atomic E-state index is 7.59. The van der Waals surface area contributed by atoms with Crippen LogP contribution in [0.3, 0.4) is 0 Å². The van der Waals surface area contributed by atoms with Gasteiger partial charge in [0.1, 0.15) is 0 Å².